The van der Waals surface area contributed by atoms with Crippen LogP contribution in [0.2, 0.25) is 0 Å². The van der Waals surface area contributed by atoms with Crippen molar-refractivity contribution < 1.29 is 42.8 Å². The number of hydrogen-bond donors (Lipinski definition) is 5. The van der Waals surface area contributed by atoms with Crippen LogP contribution in [-0.4, -0.2) is 68.4 Å². The zero-order chi connectivity index (χ0) is 32.1. The number of nitrogens with zero attached hydrogens (tertiary/aromatic N) is 1. The van der Waals surface area contributed by atoms with E-state index >= 15 is 0 Å². The molecule has 2 aromatic carbocycles. The summed E-state index contributed by atoms with van der Waals surface area (Å²) in [5.41, 5.74) is 4.34. The van der Waals surface area contributed by atoms with E-state index in [0.29, 0.717) is 35.9 Å². The fourth-order valence-electron chi connectivity index (χ4n) is 7.19. The van der Waals surface area contributed by atoms with E-state index < -0.39 is 34.5 Å². The molecule has 2 aliphatic rings. The average Bonchev–Trinajstić information content (AvgIpc) is 3.60. The number of benzene rings is 2. The molecule has 2 atom stereocenters. The van der Waals surface area contributed by atoms with Gasteiger partial charge in [0.1, 0.15) is 35.3 Å². The van der Waals surface area contributed by atoms with E-state index in [1.165, 1.54) is 6.26 Å². The first-order chi connectivity index (χ1) is 21.4. The van der Waals surface area contributed by atoms with Crippen LogP contribution in [0, 0.1) is 17.6 Å². The van der Waals surface area contributed by atoms with Crippen molar-refractivity contribution in [2.75, 3.05) is 19.6 Å². The maximum atomic E-state index is 14.6. The number of carbonyl (C=O) groups excluding carboxylic acids is 1. The summed E-state index contributed by atoms with van der Waals surface area (Å²) in [5, 5.41) is 32.3. The van der Waals surface area contributed by atoms with Gasteiger partial charge in [-0.05, 0) is 56.6 Å². The van der Waals surface area contributed by atoms with Crippen LogP contribution in [0.3, 0.4) is 0 Å². The van der Waals surface area contributed by atoms with Crippen molar-refractivity contribution in [3.63, 3.8) is 0 Å². The van der Waals surface area contributed by atoms with Crippen molar-refractivity contribution in [3.8, 4) is 5.75 Å². The average molecular weight is 626 g/mol. The number of fused-ring (bicyclic) bond motifs is 2. The number of aromatic nitrogens is 1. The summed E-state index contributed by atoms with van der Waals surface area (Å²) < 4.78 is 39.7. The Bertz CT molecular complexity index is 1760. The summed E-state index contributed by atoms with van der Waals surface area (Å²) in [5.74, 6) is -3.18. The van der Waals surface area contributed by atoms with Gasteiger partial charge in [0, 0.05) is 48.3 Å². The number of aromatic amines is 1. The van der Waals surface area contributed by atoms with E-state index in [-0.39, 0.29) is 72.3 Å². The van der Waals surface area contributed by atoms with Crippen molar-refractivity contribution in [2.45, 2.75) is 69.2 Å². The molecule has 1 aliphatic heterocycles. The number of furan rings is 1. The fourth-order valence-corrected chi connectivity index (χ4v) is 7.19. The number of likely N-dealkylation sites (tertiary alicyclic amines) is 1. The number of H-pyrrole nitrogens is 1. The van der Waals surface area contributed by atoms with Gasteiger partial charge >= 0.3 is 5.97 Å². The number of carbonyl (C=O) groups is 2. The molecule has 1 saturated heterocycles. The molecule has 6 N–H and O–H groups in total. The predicted octanol–water partition coefficient (Wildman–Crippen LogP) is 4.59. The van der Waals surface area contributed by atoms with Crippen LogP contribution in [-0.2, 0) is 16.8 Å². The molecule has 0 bridgehead atoms. The Balaban J connectivity index is 1.30. The maximum absolute atomic E-state index is 14.6. The molecule has 0 unspecified atom stereocenters. The Labute approximate surface area is 257 Å². The van der Waals surface area contributed by atoms with E-state index in [1.54, 1.807) is 18.2 Å². The van der Waals surface area contributed by atoms with E-state index in [4.69, 9.17) is 14.9 Å². The molecule has 240 valence electrons. The van der Waals surface area contributed by atoms with Gasteiger partial charge in [-0.25, -0.2) is 13.6 Å². The van der Waals surface area contributed by atoms with Gasteiger partial charge in [0.05, 0.1) is 34.3 Å². The lowest BCUT2D eigenvalue weighted by Crippen LogP contribution is -2.50. The Morgan fingerprint density at radius 1 is 1.18 bits per heavy atom. The molecule has 10 nitrogen and oxygen atoms in total. The Morgan fingerprint density at radius 2 is 1.93 bits per heavy atom. The van der Waals surface area contributed by atoms with Crippen molar-refractivity contribution in [1.82, 2.24) is 9.88 Å². The van der Waals surface area contributed by atoms with E-state index in [0.717, 1.165) is 25.2 Å². The molecule has 0 radical (unpaired) electrons. The maximum Gasteiger partial charge on any atom is 0.352 e. The van der Waals surface area contributed by atoms with Crippen LogP contribution in [0.5, 0.6) is 5.75 Å². The van der Waals surface area contributed by atoms with Crippen LogP contribution in [0.15, 0.2) is 41.0 Å². The minimum absolute atomic E-state index is 0.0227. The van der Waals surface area contributed by atoms with Gasteiger partial charge in [0.25, 0.3) is 0 Å². The van der Waals surface area contributed by atoms with E-state index in [1.807, 2.05) is 6.92 Å². The number of ether oxygens (including phenoxy) is 1. The Kier molecular flexibility index (Phi) is 8.09. The van der Waals surface area contributed by atoms with Crippen LogP contribution < -0.4 is 10.5 Å². The summed E-state index contributed by atoms with van der Waals surface area (Å²) in [7, 11) is 0. The highest BCUT2D eigenvalue weighted by molar-refractivity contribution is 6.05. The SMILES string of the molecule is C[C@H]1CN(CCC2(O)CCC(C(N)=O)(c3c(C(=O)O)[nH]c4cccc(OCc5coc6cc(F)cc(F)c56)c34)CC2)CC[C@@H]1O. The van der Waals surface area contributed by atoms with Crippen molar-refractivity contribution >= 4 is 33.7 Å². The van der Waals surface area contributed by atoms with Gasteiger partial charge in [-0.1, -0.05) is 13.0 Å². The minimum Gasteiger partial charge on any atom is -0.488 e. The third kappa shape index (κ3) is 5.66. The normalized spacial score (nSPS) is 26.0. The van der Waals surface area contributed by atoms with Crippen LogP contribution in [0.25, 0.3) is 21.9 Å². The smallest absolute Gasteiger partial charge is 0.352 e. The second-order valence-corrected chi connectivity index (χ2v) is 12.7. The number of aliphatic hydroxyl groups is 2. The number of primary amides is 1. The van der Waals surface area contributed by atoms with Gasteiger partial charge in [0.15, 0.2) is 0 Å². The minimum atomic E-state index is -1.41. The highest BCUT2D eigenvalue weighted by atomic mass is 19.1. The zero-order valence-electron chi connectivity index (χ0n) is 24.9. The number of aromatic carboxylic acids is 1. The summed E-state index contributed by atoms with van der Waals surface area (Å²) in [6.45, 7) is 3.94. The van der Waals surface area contributed by atoms with Crippen molar-refractivity contribution in [2.24, 2.45) is 11.7 Å². The van der Waals surface area contributed by atoms with E-state index in [9.17, 15) is 33.7 Å². The second-order valence-electron chi connectivity index (χ2n) is 12.7. The molecular formula is C33H37F2N3O7. The number of rotatable bonds is 9. The molecule has 2 aromatic heterocycles. The zero-order valence-corrected chi connectivity index (χ0v) is 24.9. The van der Waals surface area contributed by atoms with Crippen molar-refractivity contribution in [3.05, 3.63) is 65.1 Å². The molecule has 2 fully saturated rings. The van der Waals surface area contributed by atoms with Crippen LogP contribution in [0.1, 0.15) is 67.1 Å². The molecule has 1 aliphatic carbocycles. The largest absolute Gasteiger partial charge is 0.488 e. The highest BCUT2D eigenvalue weighted by Crippen LogP contribution is 2.49. The molecule has 0 spiro atoms. The first kappa shape index (κ1) is 31.0. The Morgan fingerprint density at radius 3 is 2.62 bits per heavy atom. The third-order valence-corrected chi connectivity index (χ3v) is 9.87. The van der Waals surface area contributed by atoms with Gasteiger partial charge in [-0.15, -0.1) is 0 Å². The third-order valence-electron chi connectivity index (χ3n) is 9.87. The number of halogens is 2. The van der Waals surface area contributed by atoms with Gasteiger partial charge in [0.2, 0.25) is 5.91 Å². The molecular weight excluding hydrogens is 588 g/mol. The summed E-state index contributed by atoms with van der Waals surface area (Å²) >= 11 is 0. The number of carboxylic acid groups (broad SMARTS) is 1. The first-order valence-corrected chi connectivity index (χ1v) is 15.2. The summed E-state index contributed by atoms with van der Waals surface area (Å²) in [4.78, 5) is 31.0. The quantitative estimate of drug-likeness (QED) is 0.180. The number of piperidine rings is 1. The number of nitrogens with one attached hydrogen (secondary N) is 1. The molecule has 12 heteroatoms. The second kappa shape index (κ2) is 11.7. The summed E-state index contributed by atoms with van der Waals surface area (Å²) in [6, 6.07) is 6.77. The molecule has 4 aromatic rings. The highest BCUT2D eigenvalue weighted by Gasteiger charge is 2.50. The lowest BCUT2D eigenvalue weighted by molar-refractivity contribution is -0.127. The fraction of sp³-hybridized carbons (Fsp3) is 0.455. The van der Waals surface area contributed by atoms with Crippen LogP contribution >= 0.6 is 0 Å². The standard InChI is InChI=1S/C33H37F2N3O7/c1-18-15-38(11-5-23(18)39)12-10-32(43)6-8-33(9-7-32,31(36)42)28-27-22(37-29(28)30(40)41)3-2-4-24(27)44-16-19-17-45-25-14-20(34)13-21(35)26(19)25/h2-4,13-14,17-18,23,37,39,43H,5-12,15-16H2,1H3,(H2,36,42)(H,40,41)/t18-,23-,32?,33?/m0/s1. The van der Waals surface area contributed by atoms with Gasteiger partial charge in [-0.2, -0.15) is 0 Å². The van der Waals surface area contributed by atoms with Crippen molar-refractivity contribution in [1.29, 1.82) is 0 Å². The van der Waals surface area contributed by atoms with E-state index in [2.05, 4.69) is 9.88 Å². The van der Waals surface area contributed by atoms with Gasteiger partial charge in [-0.3, -0.25) is 4.79 Å². The number of carboxylic acids is 1. The summed E-state index contributed by atoms with van der Waals surface area (Å²) in [6.07, 6.45) is 2.80. The number of nitrogens with two attached hydrogens (primary N) is 1. The molecule has 1 saturated carbocycles. The number of aliphatic hydroxyl groups excluding tert-OH is 1. The van der Waals surface area contributed by atoms with Crippen LogP contribution in [0.4, 0.5) is 8.78 Å². The van der Waals surface area contributed by atoms with Gasteiger partial charge < -0.3 is 40.1 Å². The molecule has 45 heavy (non-hydrogen) atoms. The molecule has 6 rings (SSSR count). The predicted molar refractivity (Wildman–Crippen MR) is 161 cm³/mol. The topological polar surface area (TPSA) is 162 Å². The molecule has 3 heterocycles. The number of hydrogen-bond acceptors (Lipinski definition) is 7. The molecule has 1 amide bonds. The first-order valence-electron chi connectivity index (χ1n) is 15.2. The lowest BCUT2D eigenvalue weighted by Gasteiger charge is -2.44. The monoisotopic (exact) mass is 625 g/mol. The number of amides is 1. The Hall–Kier alpha value is -4.00. The lowest BCUT2D eigenvalue weighted by atomic mass is 9.63.